The maximum Gasteiger partial charge on any atom is 0.616 e. The van der Waals surface area contributed by atoms with Gasteiger partial charge in [0.05, 0.1) is 19.0 Å². The summed E-state index contributed by atoms with van der Waals surface area (Å²) >= 11 is 3.38. The maximum atomic E-state index is 11.7. The van der Waals surface area contributed by atoms with E-state index in [0.717, 1.165) is 10.0 Å². The van der Waals surface area contributed by atoms with Crippen molar-refractivity contribution in [3.05, 3.63) is 34.3 Å². The van der Waals surface area contributed by atoms with Crippen molar-refractivity contribution in [1.29, 1.82) is 0 Å². The van der Waals surface area contributed by atoms with Gasteiger partial charge in [-0.2, -0.15) is 0 Å². The van der Waals surface area contributed by atoms with Crippen molar-refractivity contribution in [3.8, 4) is 0 Å². The number of likely N-dealkylation sites (N-methyl/N-ethyl adjacent to an activating group) is 1. The number of carbonyl (C=O) groups excluding carboxylic acids is 2. The second kappa shape index (κ2) is 7.76. The molecule has 1 heterocycles. The zero-order chi connectivity index (χ0) is 16.1. The van der Waals surface area contributed by atoms with Gasteiger partial charge in [-0.15, -0.1) is 0 Å². The van der Waals surface area contributed by atoms with Crippen LogP contribution < -0.4 is 5.32 Å². The van der Waals surface area contributed by atoms with Crippen LogP contribution in [0.5, 0.6) is 0 Å². The van der Waals surface area contributed by atoms with Gasteiger partial charge in [-0.25, -0.2) is 0 Å². The Balaban J connectivity index is 1.92. The average molecular weight is 369 g/mol. The lowest BCUT2D eigenvalue weighted by Crippen LogP contribution is -2.51. The van der Waals surface area contributed by atoms with E-state index in [9.17, 15) is 9.59 Å². The molecule has 1 aromatic rings. The summed E-state index contributed by atoms with van der Waals surface area (Å²) in [6, 6.07) is 7.87. The van der Waals surface area contributed by atoms with Gasteiger partial charge in [-0.05, 0) is 31.7 Å². The molecule has 1 fully saturated rings. The third kappa shape index (κ3) is 5.12. The van der Waals surface area contributed by atoms with Crippen LogP contribution in [-0.4, -0.2) is 50.0 Å². The molecule has 0 radical (unpaired) electrons. The fourth-order valence-electron chi connectivity index (χ4n) is 2.04. The van der Waals surface area contributed by atoms with Crippen molar-refractivity contribution in [2.75, 3.05) is 20.1 Å². The first-order chi connectivity index (χ1) is 10.4. The van der Waals surface area contributed by atoms with Gasteiger partial charge in [0, 0.05) is 11.0 Å². The van der Waals surface area contributed by atoms with Crippen LogP contribution in [0.25, 0.3) is 0 Å². The Labute approximate surface area is 138 Å². The standard InChI is InChI=1S/C14H18BBrN2O4/c1-10(17-7-11-3-5-12(16)6-4-11)15-21-13(19)8-18(2)9-14(20)22-15/h3-6,10,17H,7-9H2,1-2H3. The van der Waals surface area contributed by atoms with Crippen LogP contribution >= 0.6 is 15.9 Å². The van der Waals surface area contributed by atoms with E-state index < -0.39 is 19.1 Å². The van der Waals surface area contributed by atoms with E-state index in [0.29, 0.717) is 6.54 Å². The van der Waals surface area contributed by atoms with Crippen LogP contribution in [0.15, 0.2) is 28.7 Å². The van der Waals surface area contributed by atoms with Crippen molar-refractivity contribution in [3.63, 3.8) is 0 Å². The average Bonchev–Trinajstić information content (AvgIpc) is 2.43. The van der Waals surface area contributed by atoms with Gasteiger partial charge in [0.1, 0.15) is 0 Å². The van der Waals surface area contributed by atoms with Gasteiger partial charge in [0.15, 0.2) is 0 Å². The van der Waals surface area contributed by atoms with Crippen molar-refractivity contribution in [1.82, 2.24) is 10.2 Å². The van der Waals surface area contributed by atoms with E-state index in [1.54, 1.807) is 11.9 Å². The Bertz CT molecular complexity index is 520. The maximum absolute atomic E-state index is 11.7. The monoisotopic (exact) mass is 368 g/mol. The third-order valence-corrected chi connectivity index (χ3v) is 3.77. The van der Waals surface area contributed by atoms with Gasteiger partial charge in [-0.1, -0.05) is 28.1 Å². The third-order valence-electron chi connectivity index (χ3n) is 3.24. The molecule has 1 atom stereocenters. The van der Waals surface area contributed by atoms with Gasteiger partial charge in [-0.3, -0.25) is 14.5 Å². The molecule has 1 aromatic carbocycles. The molecule has 0 aliphatic carbocycles. The van der Waals surface area contributed by atoms with E-state index in [4.69, 9.17) is 9.31 Å². The van der Waals surface area contributed by atoms with Crippen LogP contribution in [0.3, 0.4) is 0 Å². The highest BCUT2D eigenvalue weighted by atomic mass is 79.9. The minimum atomic E-state index is -0.913. The number of hydrogen-bond acceptors (Lipinski definition) is 6. The summed E-state index contributed by atoms with van der Waals surface area (Å²) in [5.74, 6) is -1.12. The number of halogens is 1. The minimum absolute atomic E-state index is 0.0744. The Kier molecular flexibility index (Phi) is 5.99. The van der Waals surface area contributed by atoms with Crippen molar-refractivity contribution in [2.24, 2.45) is 0 Å². The summed E-state index contributed by atoms with van der Waals surface area (Å²) in [6.45, 7) is 2.55. The van der Waals surface area contributed by atoms with Gasteiger partial charge >= 0.3 is 19.1 Å². The van der Waals surface area contributed by atoms with Gasteiger partial charge in [0.2, 0.25) is 0 Å². The van der Waals surface area contributed by atoms with E-state index >= 15 is 0 Å². The van der Waals surface area contributed by atoms with Crippen molar-refractivity contribution < 1.29 is 18.9 Å². The number of nitrogens with zero attached hydrogens (tertiary/aromatic N) is 1. The van der Waals surface area contributed by atoms with Gasteiger partial charge in [0.25, 0.3) is 0 Å². The Morgan fingerprint density at radius 1 is 1.23 bits per heavy atom. The first-order valence-corrected chi connectivity index (χ1v) is 7.78. The smallest absolute Gasteiger partial charge is 0.497 e. The Morgan fingerprint density at radius 3 is 2.32 bits per heavy atom. The summed E-state index contributed by atoms with van der Waals surface area (Å²) in [5.41, 5.74) is 1.08. The molecule has 118 valence electrons. The van der Waals surface area contributed by atoms with Gasteiger partial charge < -0.3 is 14.6 Å². The molecule has 6 nitrogen and oxygen atoms in total. The summed E-state index contributed by atoms with van der Waals surface area (Å²) in [6.07, 6.45) is 0. The quantitative estimate of drug-likeness (QED) is 0.799. The van der Waals surface area contributed by atoms with Crippen molar-refractivity contribution in [2.45, 2.75) is 19.4 Å². The molecule has 0 spiro atoms. The predicted octanol–water partition coefficient (Wildman–Crippen LogP) is 0.986. The summed E-state index contributed by atoms with van der Waals surface area (Å²) in [5, 5.41) is 3.21. The van der Waals surface area contributed by atoms with Crippen LogP contribution in [0, 0.1) is 0 Å². The molecule has 0 bridgehead atoms. The van der Waals surface area contributed by atoms with Crippen LogP contribution in [0.4, 0.5) is 0 Å². The molecule has 1 saturated heterocycles. The first kappa shape index (κ1) is 17.0. The highest BCUT2D eigenvalue weighted by molar-refractivity contribution is 9.10. The highest BCUT2D eigenvalue weighted by Crippen LogP contribution is 2.11. The van der Waals surface area contributed by atoms with E-state index in [1.165, 1.54) is 0 Å². The normalized spacial score (nSPS) is 18.2. The van der Waals surface area contributed by atoms with Crippen LogP contribution in [-0.2, 0) is 25.4 Å². The Morgan fingerprint density at radius 2 is 1.77 bits per heavy atom. The van der Waals surface area contributed by atoms with E-state index in [-0.39, 0.29) is 19.0 Å². The minimum Gasteiger partial charge on any atom is -0.497 e. The van der Waals surface area contributed by atoms with E-state index in [1.807, 2.05) is 31.2 Å². The summed E-state index contributed by atoms with van der Waals surface area (Å²) in [4.78, 5) is 24.9. The molecule has 1 unspecified atom stereocenters. The zero-order valence-corrected chi connectivity index (χ0v) is 14.1. The largest absolute Gasteiger partial charge is 0.616 e. The second-order valence-corrected chi connectivity index (χ2v) is 6.23. The molecule has 1 aliphatic heterocycles. The molecule has 0 saturated carbocycles. The van der Waals surface area contributed by atoms with Crippen molar-refractivity contribution >= 4 is 35.0 Å². The summed E-state index contributed by atoms with van der Waals surface area (Å²) in [7, 11) is 0.752. The topological polar surface area (TPSA) is 67.9 Å². The molecule has 0 amide bonds. The first-order valence-electron chi connectivity index (χ1n) is 6.99. The lowest BCUT2D eigenvalue weighted by Gasteiger charge is -2.25. The number of nitrogens with one attached hydrogen (secondary N) is 1. The highest BCUT2D eigenvalue weighted by Gasteiger charge is 2.36. The van der Waals surface area contributed by atoms with E-state index in [2.05, 4.69) is 21.2 Å². The molecular formula is C14H18BBrN2O4. The summed E-state index contributed by atoms with van der Waals surface area (Å²) < 4.78 is 11.4. The fraction of sp³-hybridized carbons (Fsp3) is 0.429. The fourth-order valence-corrected chi connectivity index (χ4v) is 2.30. The lowest BCUT2D eigenvalue weighted by molar-refractivity contribution is -0.146. The molecule has 0 aromatic heterocycles. The van der Waals surface area contributed by atoms with Crippen LogP contribution in [0.1, 0.15) is 12.5 Å². The lowest BCUT2D eigenvalue weighted by atomic mass is 9.79. The molecule has 8 heteroatoms. The van der Waals surface area contributed by atoms with Crippen LogP contribution in [0.2, 0.25) is 0 Å². The number of carbonyl (C=O) groups is 2. The molecule has 1 N–H and O–H groups in total. The molecular weight excluding hydrogens is 351 g/mol. The number of rotatable bonds is 4. The molecule has 2 rings (SSSR count). The second-order valence-electron chi connectivity index (χ2n) is 5.32. The number of hydrogen-bond donors (Lipinski definition) is 1. The molecule has 1 aliphatic rings. The SMILES string of the molecule is CC(NCc1ccc(Br)cc1)B1OC(=O)CN(C)CC(=O)O1. The number of benzene rings is 1. The molecule has 22 heavy (non-hydrogen) atoms. The Hall–Kier alpha value is -1.38. The zero-order valence-electron chi connectivity index (χ0n) is 12.5. The predicted molar refractivity (Wildman–Crippen MR) is 85.9 cm³/mol.